The fourth-order valence-corrected chi connectivity index (χ4v) is 1.89. The zero-order chi connectivity index (χ0) is 11.9. The van der Waals surface area contributed by atoms with Gasteiger partial charge in [-0.05, 0) is 0 Å². The van der Waals surface area contributed by atoms with Crippen molar-refractivity contribution in [2.75, 3.05) is 13.2 Å². The van der Waals surface area contributed by atoms with Crippen LogP contribution in [-0.4, -0.2) is 64.6 Å². The van der Waals surface area contributed by atoms with Crippen LogP contribution >= 0.6 is 0 Å². The Labute approximate surface area is 91.4 Å². The van der Waals surface area contributed by atoms with Gasteiger partial charge >= 0.3 is 0 Å². The summed E-state index contributed by atoms with van der Waals surface area (Å²) in [6, 6.07) is 0. The maximum Gasteiger partial charge on any atom is 0.235 e. The number of fused-ring (bicyclic) bond motifs is 1. The molecule has 0 aromatic rings. The van der Waals surface area contributed by atoms with Crippen molar-refractivity contribution < 1.29 is 24.9 Å². The third kappa shape index (κ3) is 1.59. The normalized spacial score (nSPS) is 46.0. The Hall–Kier alpha value is -0.770. The molecule has 16 heavy (non-hydrogen) atoms. The van der Waals surface area contributed by atoms with E-state index < -0.39 is 42.7 Å². The second-order valence-corrected chi connectivity index (χ2v) is 3.94. The zero-order valence-corrected chi connectivity index (χ0v) is 8.46. The van der Waals surface area contributed by atoms with E-state index in [1.165, 1.54) is 0 Å². The summed E-state index contributed by atoms with van der Waals surface area (Å²) in [6.45, 7) is -0.625. The van der Waals surface area contributed by atoms with Gasteiger partial charge in [0.2, 0.25) is 5.91 Å². The Morgan fingerprint density at radius 2 is 2.25 bits per heavy atom. The monoisotopic (exact) mass is 233 g/mol. The summed E-state index contributed by atoms with van der Waals surface area (Å²) in [5.41, 5.74) is 3.96. The number of aliphatic hydroxyl groups is 3. The van der Waals surface area contributed by atoms with E-state index in [1.54, 1.807) is 0 Å². The Morgan fingerprint density at radius 3 is 2.81 bits per heavy atom. The van der Waals surface area contributed by atoms with Crippen molar-refractivity contribution in [1.82, 2.24) is 10.6 Å². The summed E-state index contributed by atoms with van der Waals surface area (Å²) >= 11 is 0. The van der Waals surface area contributed by atoms with Gasteiger partial charge in [0, 0.05) is 0 Å². The van der Waals surface area contributed by atoms with E-state index in [9.17, 15) is 15.0 Å². The lowest BCUT2D eigenvalue weighted by atomic mass is 9.97. The van der Waals surface area contributed by atoms with Gasteiger partial charge in [-0.1, -0.05) is 0 Å². The van der Waals surface area contributed by atoms with Crippen molar-refractivity contribution in [2.24, 2.45) is 5.73 Å². The number of hydrogen-bond donors (Lipinski definition) is 6. The second-order valence-electron chi connectivity index (χ2n) is 3.94. The largest absolute Gasteiger partial charge is 0.394 e. The van der Waals surface area contributed by atoms with Crippen molar-refractivity contribution in [1.29, 1.82) is 0 Å². The fourth-order valence-electron chi connectivity index (χ4n) is 1.89. The van der Waals surface area contributed by atoms with Crippen LogP contribution in [0.15, 0.2) is 0 Å². The molecule has 8 nitrogen and oxygen atoms in total. The first-order valence-electron chi connectivity index (χ1n) is 4.96. The number of amides is 1. The number of hydrogen-bond acceptors (Lipinski definition) is 7. The van der Waals surface area contributed by atoms with E-state index in [0.717, 1.165) is 0 Å². The molecule has 0 aromatic heterocycles. The van der Waals surface area contributed by atoms with Gasteiger partial charge in [-0.15, -0.1) is 0 Å². The summed E-state index contributed by atoms with van der Waals surface area (Å²) in [4.78, 5) is 11.1. The Morgan fingerprint density at radius 1 is 1.56 bits per heavy atom. The van der Waals surface area contributed by atoms with Gasteiger partial charge in [-0.3, -0.25) is 10.1 Å². The van der Waals surface area contributed by atoms with Crippen LogP contribution < -0.4 is 16.4 Å². The molecule has 2 aliphatic rings. The van der Waals surface area contributed by atoms with Crippen LogP contribution in [0.25, 0.3) is 0 Å². The highest BCUT2D eigenvalue weighted by Gasteiger charge is 2.67. The Bertz CT molecular complexity index is 301. The topological polar surface area (TPSA) is 147 Å². The second kappa shape index (κ2) is 3.91. The molecule has 7 N–H and O–H groups in total. The number of rotatable bonds is 3. The first kappa shape index (κ1) is 11.7. The van der Waals surface area contributed by atoms with E-state index in [2.05, 4.69) is 10.6 Å². The fraction of sp³-hybridized carbons (Fsp3) is 0.875. The van der Waals surface area contributed by atoms with Crippen molar-refractivity contribution >= 4 is 5.91 Å². The van der Waals surface area contributed by atoms with Gasteiger partial charge in [-0.2, -0.15) is 0 Å². The maximum absolute atomic E-state index is 11.1. The molecule has 0 unspecified atom stereocenters. The van der Waals surface area contributed by atoms with E-state index in [-0.39, 0.29) is 6.54 Å². The Kier molecular flexibility index (Phi) is 2.86. The van der Waals surface area contributed by atoms with E-state index in [1.807, 2.05) is 0 Å². The van der Waals surface area contributed by atoms with Gasteiger partial charge in [0.05, 0.1) is 13.2 Å². The number of ether oxygens (including phenoxy) is 1. The first-order chi connectivity index (χ1) is 7.55. The molecule has 0 aliphatic carbocycles. The average molecular weight is 233 g/mol. The smallest absolute Gasteiger partial charge is 0.235 e. The van der Waals surface area contributed by atoms with Crippen LogP contribution in [-0.2, 0) is 9.53 Å². The summed E-state index contributed by atoms with van der Waals surface area (Å²) in [5.74, 6) is -0.465. The van der Waals surface area contributed by atoms with Gasteiger partial charge in [-0.25, -0.2) is 0 Å². The molecule has 0 radical (unpaired) electrons. The Balaban J connectivity index is 2.07. The highest BCUT2D eigenvalue weighted by molar-refractivity contribution is 5.79. The molecule has 2 aliphatic heterocycles. The van der Waals surface area contributed by atoms with Gasteiger partial charge in [0.15, 0.2) is 5.66 Å². The average Bonchev–Trinajstić information content (AvgIpc) is 2.98. The molecule has 1 amide bonds. The molecule has 2 saturated heterocycles. The zero-order valence-electron chi connectivity index (χ0n) is 8.46. The van der Waals surface area contributed by atoms with Crippen LogP contribution in [0.4, 0.5) is 0 Å². The van der Waals surface area contributed by atoms with E-state index in [4.69, 9.17) is 15.6 Å². The lowest BCUT2D eigenvalue weighted by Gasteiger charge is -2.35. The molecular formula is C8H15N3O5. The van der Waals surface area contributed by atoms with E-state index >= 15 is 0 Å². The van der Waals surface area contributed by atoms with Crippen molar-refractivity contribution in [3.8, 4) is 0 Å². The minimum Gasteiger partial charge on any atom is -0.394 e. The summed E-state index contributed by atoms with van der Waals surface area (Å²) in [7, 11) is 0. The van der Waals surface area contributed by atoms with Crippen LogP contribution in [0.1, 0.15) is 0 Å². The molecule has 2 heterocycles. The SMILES string of the molecule is NCC(=O)N[C@@]12N[C@H]1O[C@H](CO)[C@@H](O)[C@@H]2O. The first-order valence-corrected chi connectivity index (χ1v) is 4.96. The van der Waals surface area contributed by atoms with Crippen molar-refractivity contribution in [2.45, 2.75) is 30.2 Å². The number of aliphatic hydroxyl groups excluding tert-OH is 3. The predicted octanol–water partition coefficient (Wildman–Crippen LogP) is -4.20. The number of carbonyl (C=O) groups excluding carboxylic acids is 1. The molecule has 5 atom stereocenters. The quantitative estimate of drug-likeness (QED) is 0.271. The number of carbonyl (C=O) groups is 1. The molecule has 0 bridgehead atoms. The molecule has 0 spiro atoms. The molecule has 8 heteroatoms. The highest BCUT2D eigenvalue weighted by atomic mass is 16.6. The molecule has 2 fully saturated rings. The lowest BCUT2D eigenvalue weighted by molar-refractivity contribution is -0.165. The van der Waals surface area contributed by atoms with Crippen LogP contribution in [0.2, 0.25) is 0 Å². The third-order valence-corrected chi connectivity index (χ3v) is 2.89. The number of nitrogens with two attached hydrogens (primary N) is 1. The molecule has 0 aromatic carbocycles. The summed E-state index contributed by atoms with van der Waals surface area (Å²) < 4.78 is 5.21. The number of nitrogens with one attached hydrogen (secondary N) is 2. The predicted molar refractivity (Wildman–Crippen MR) is 50.8 cm³/mol. The molecular weight excluding hydrogens is 218 g/mol. The van der Waals surface area contributed by atoms with E-state index in [0.29, 0.717) is 0 Å². The minimum atomic E-state index is -1.27. The summed E-state index contributed by atoms with van der Waals surface area (Å²) in [6.07, 6.45) is -4.00. The lowest BCUT2D eigenvalue weighted by Crippen LogP contribution is -2.62. The van der Waals surface area contributed by atoms with Crippen LogP contribution in [0, 0.1) is 0 Å². The van der Waals surface area contributed by atoms with Crippen molar-refractivity contribution in [3.63, 3.8) is 0 Å². The molecule has 92 valence electrons. The third-order valence-electron chi connectivity index (χ3n) is 2.89. The van der Waals surface area contributed by atoms with Crippen LogP contribution in [0.3, 0.4) is 0 Å². The highest BCUT2D eigenvalue weighted by Crippen LogP contribution is 2.37. The van der Waals surface area contributed by atoms with Crippen molar-refractivity contribution in [3.05, 3.63) is 0 Å². The minimum absolute atomic E-state index is 0.220. The maximum atomic E-state index is 11.1. The van der Waals surface area contributed by atoms with Crippen LogP contribution in [0.5, 0.6) is 0 Å². The van der Waals surface area contributed by atoms with Gasteiger partial charge in [0.1, 0.15) is 24.5 Å². The van der Waals surface area contributed by atoms with Gasteiger partial charge < -0.3 is 31.1 Å². The molecule has 2 rings (SSSR count). The standard InChI is InChI=1S/C8H15N3O5/c9-1-4(13)10-8-6(15)5(14)3(2-12)16-7(8)11-8/h3,5-7,11-12,14-15H,1-2,9H2,(H,10,13)/t3-,5-,6+,7+,8+/m1/s1. The summed E-state index contributed by atoms with van der Waals surface area (Å²) in [5, 5.41) is 33.5. The molecule has 0 saturated carbocycles. The van der Waals surface area contributed by atoms with Gasteiger partial charge in [0.25, 0.3) is 0 Å².